The van der Waals surface area contributed by atoms with E-state index in [4.69, 9.17) is 0 Å². The van der Waals surface area contributed by atoms with Gasteiger partial charge in [-0.25, -0.2) is 0 Å². The van der Waals surface area contributed by atoms with Crippen LogP contribution in [-0.4, -0.2) is 5.11 Å². The first-order chi connectivity index (χ1) is 8.69. The molecule has 1 N–H and O–H groups in total. The summed E-state index contributed by atoms with van der Waals surface area (Å²) in [6, 6.07) is 14.7. The maximum absolute atomic E-state index is 10.7. The van der Waals surface area contributed by atoms with E-state index in [9.17, 15) is 5.11 Å². The van der Waals surface area contributed by atoms with E-state index in [2.05, 4.69) is 43.3 Å². The zero-order chi connectivity index (χ0) is 12.6. The number of thiophene rings is 1. The normalized spacial score (nSPS) is 31.0. The van der Waals surface area contributed by atoms with Crippen LogP contribution < -0.4 is 0 Å². The fraction of sp³-hybridized carbons (Fsp3) is 0.375. The van der Waals surface area contributed by atoms with E-state index >= 15 is 0 Å². The van der Waals surface area contributed by atoms with Crippen molar-refractivity contribution in [2.45, 2.75) is 37.2 Å². The van der Waals surface area contributed by atoms with E-state index in [1.807, 2.05) is 11.4 Å². The topological polar surface area (TPSA) is 20.2 Å². The molecule has 1 aliphatic rings. The third kappa shape index (κ3) is 1.72. The average Bonchev–Trinajstić information content (AvgIpc) is 2.90. The third-order valence-corrected chi connectivity index (χ3v) is 5.37. The molecule has 3 rings (SSSR count). The predicted octanol–water partition coefficient (Wildman–Crippen LogP) is 4.08. The smallest absolute Gasteiger partial charge is 0.100 e. The van der Waals surface area contributed by atoms with Crippen LogP contribution in [0.5, 0.6) is 0 Å². The number of hydrogen-bond donors (Lipinski definition) is 1. The molecule has 0 unspecified atom stereocenters. The summed E-state index contributed by atoms with van der Waals surface area (Å²) in [4.78, 5) is 1.11. The Balaban J connectivity index is 1.88. The summed E-state index contributed by atoms with van der Waals surface area (Å²) in [5, 5.41) is 12.8. The summed E-state index contributed by atoms with van der Waals surface area (Å²) in [6.07, 6.45) is 2.78. The van der Waals surface area contributed by atoms with Crippen molar-refractivity contribution in [3.05, 3.63) is 58.3 Å². The second-order valence-corrected chi connectivity index (χ2v) is 6.31. The lowest BCUT2D eigenvalue weighted by molar-refractivity contribution is -0.0967. The van der Waals surface area contributed by atoms with Crippen molar-refractivity contribution in [2.75, 3.05) is 0 Å². The Labute approximate surface area is 112 Å². The third-order valence-electron chi connectivity index (χ3n) is 4.30. The maximum Gasteiger partial charge on any atom is 0.100 e. The summed E-state index contributed by atoms with van der Waals surface area (Å²) >= 11 is 1.66. The Morgan fingerprint density at radius 1 is 1.11 bits per heavy atom. The SMILES string of the molecule is CCC1(c2ccccc2)CC(O)(c2cccs2)C1. The Morgan fingerprint density at radius 2 is 1.83 bits per heavy atom. The molecule has 0 radical (unpaired) electrons. The van der Waals surface area contributed by atoms with Gasteiger partial charge in [-0.3, -0.25) is 0 Å². The Kier molecular flexibility index (Phi) is 2.80. The summed E-state index contributed by atoms with van der Waals surface area (Å²) in [7, 11) is 0. The Morgan fingerprint density at radius 3 is 2.39 bits per heavy atom. The standard InChI is InChI=1S/C16H18OS/c1-2-15(13-7-4-3-5-8-13)11-16(17,12-15)14-9-6-10-18-14/h3-10,17H,2,11-12H2,1H3. The largest absolute Gasteiger partial charge is 0.384 e. The van der Waals surface area contributed by atoms with Crippen LogP contribution in [0, 0.1) is 0 Å². The molecule has 1 fully saturated rings. The molecule has 1 saturated carbocycles. The quantitative estimate of drug-likeness (QED) is 0.879. The van der Waals surface area contributed by atoms with Crippen LogP contribution >= 0.6 is 11.3 Å². The summed E-state index contributed by atoms with van der Waals surface area (Å²) in [6.45, 7) is 2.22. The van der Waals surface area contributed by atoms with Crippen molar-refractivity contribution in [3.63, 3.8) is 0 Å². The fourth-order valence-electron chi connectivity index (χ4n) is 3.24. The fourth-order valence-corrected chi connectivity index (χ4v) is 4.06. The molecule has 1 nitrogen and oxygen atoms in total. The molecule has 18 heavy (non-hydrogen) atoms. The van der Waals surface area contributed by atoms with Gasteiger partial charge in [-0.2, -0.15) is 0 Å². The van der Waals surface area contributed by atoms with Crippen molar-refractivity contribution < 1.29 is 5.11 Å². The maximum atomic E-state index is 10.7. The van der Waals surface area contributed by atoms with E-state index in [1.54, 1.807) is 11.3 Å². The molecule has 0 bridgehead atoms. The van der Waals surface area contributed by atoms with E-state index in [1.165, 1.54) is 5.56 Å². The highest BCUT2D eigenvalue weighted by atomic mass is 32.1. The molecule has 0 saturated heterocycles. The predicted molar refractivity (Wildman–Crippen MR) is 75.9 cm³/mol. The van der Waals surface area contributed by atoms with Crippen LogP contribution in [0.4, 0.5) is 0 Å². The number of rotatable bonds is 3. The lowest BCUT2D eigenvalue weighted by atomic mass is 9.54. The molecule has 0 spiro atoms. The van der Waals surface area contributed by atoms with Crippen molar-refractivity contribution >= 4 is 11.3 Å². The highest BCUT2D eigenvalue weighted by molar-refractivity contribution is 7.10. The number of benzene rings is 1. The second-order valence-electron chi connectivity index (χ2n) is 5.36. The number of aliphatic hydroxyl groups is 1. The van der Waals surface area contributed by atoms with Crippen molar-refractivity contribution in [3.8, 4) is 0 Å². The Bertz CT molecular complexity index is 509. The van der Waals surface area contributed by atoms with E-state index in [0.29, 0.717) is 0 Å². The minimum atomic E-state index is -0.597. The van der Waals surface area contributed by atoms with Gasteiger partial charge in [-0.15, -0.1) is 11.3 Å². The van der Waals surface area contributed by atoms with Gasteiger partial charge in [0.05, 0.1) is 0 Å². The minimum absolute atomic E-state index is 0.167. The van der Waals surface area contributed by atoms with Gasteiger partial charge in [0.15, 0.2) is 0 Å². The zero-order valence-electron chi connectivity index (χ0n) is 10.6. The molecule has 0 atom stereocenters. The lowest BCUT2D eigenvalue weighted by Gasteiger charge is -2.53. The van der Waals surface area contributed by atoms with Gasteiger partial charge >= 0.3 is 0 Å². The van der Waals surface area contributed by atoms with Gasteiger partial charge in [0.2, 0.25) is 0 Å². The Hall–Kier alpha value is -1.12. The second kappa shape index (κ2) is 4.22. The average molecular weight is 258 g/mol. The highest BCUT2D eigenvalue weighted by Gasteiger charge is 2.54. The van der Waals surface area contributed by atoms with Gasteiger partial charge in [0.25, 0.3) is 0 Å². The highest BCUT2D eigenvalue weighted by Crippen LogP contribution is 2.57. The van der Waals surface area contributed by atoms with Crippen LogP contribution in [0.25, 0.3) is 0 Å². The molecular weight excluding hydrogens is 240 g/mol. The van der Waals surface area contributed by atoms with E-state index in [-0.39, 0.29) is 5.41 Å². The first-order valence-electron chi connectivity index (χ1n) is 6.50. The summed E-state index contributed by atoms with van der Waals surface area (Å²) in [5.74, 6) is 0. The molecule has 94 valence electrons. The molecule has 2 aromatic rings. The molecular formula is C16H18OS. The van der Waals surface area contributed by atoms with Crippen molar-refractivity contribution in [2.24, 2.45) is 0 Å². The number of hydrogen-bond acceptors (Lipinski definition) is 2. The monoisotopic (exact) mass is 258 g/mol. The van der Waals surface area contributed by atoms with Crippen LogP contribution in [-0.2, 0) is 11.0 Å². The molecule has 0 amide bonds. The molecule has 2 heteroatoms. The summed E-state index contributed by atoms with van der Waals surface area (Å²) in [5.41, 5.74) is 0.939. The molecule has 1 aromatic carbocycles. The van der Waals surface area contributed by atoms with Gasteiger partial charge in [-0.05, 0) is 36.3 Å². The van der Waals surface area contributed by atoms with Gasteiger partial charge in [0.1, 0.15) is 5.60 Å². The molecule has 1 heterocycles. The zero-order valence-corrected chi connectivity index (χ0v) is 11.4. The van der Waals surface area contributed by atoms with Crippen LogP contribution in [0.1, 0.15) is 36.6 Å². The first kappa shape index (κ1) is 11.9. The molecule has 1 aliphatic carbocycles. The van der Waals surface area contributed by atoms with Crippen molar-refractivity contribution in [1.82, 2.24) is 0 Å². The first-order valence-corrected chi connectivity index (χ1v) is 7.38. The van der Waals surface area contributed by atoms with Crippen LogP contribution in [0.3, 0.4) is 0 Å². The summed E-state index contributed by atoms with van der Waals surface area (Å²) < 4.78 is 0. The molecule has 0 aliphatic heterocycles. The van der Waals surface area contributed by atoms with Crippen LogP contribution in [0.2, 0.25) is 0 Å². The van der Waals surface area contributed by atoms with E-state index in [0.717, 1.165) is 24.1 Å². The van der Waals surface area contributed by atoms with E-state index < -0.39 is 5.60 Å². The van der Waals surface area contributed by atoms with Gasteiger partial charge in [-0.1, -0.05) is 43.3 Å². The van der Waals surface area contributed by atoms with Gasteiger partial charge in [0, 0.05) is 10.3 Å². The van der Waals surface area contributed by atoms with Gasteiger partial charge < -0.3 is 5.11 Å². The lowest BCUT2D eigenvalue weighted by Crippen LogP contribution is -2.51. The van der Waals surface area contributed by atoms with Crippen LogP contribution in [0.15, 0.2) is 47.8 Å². The minimum Gasteiger partial charge on any atom is -0.384 e. The van der Waals surface area contributed by atoms with Crippen molar-refractivity contribution in [1.29, 1.82) is 0 Å². The molecule has 1 aromatic heterocycles.